The summed E-state index contributed by atoms with van der Waals surface area (Å²) in [7, 11) is 0.915. The average molecular weight is 619 g/mol. The lowest BCUT2D eigenvalue weighted by Gasteiger charge is -2.43. The molecule has 0 saturated heterocycles. The second-order valence-corrected chi connectivity index (χ2v) is 15.1. The van der Waals surface area contributed by atoms with E-state index in [0.29, 0.717) is 23.8 Å². The van der Waals surface area contributed by atoms with Gasteiger partial charge in [0.05, 0.1) is 11.0 Å². The third-order valence-corrected chi connectivity index (χ3v) is 12.3. The first-order valence-electron chi connectivity index (χ1n) is 17.4. The van der Waals surface area contributed by atoms with E-state index in [4.69, 9.17) is 4.42 Å². The quantitative estimate of drug-likeness (QED) is 0.196. The van der Waals surface area contributed by atoms with Crippen LogP contribution in [0.5, 0.6) is 0 Å². The third kappa shape index (κ3) is 3.30. The maximum Gasteiger partial charge on any atom is 0.198 e. The molecule has 2 aromatic heterocycles. The highest BCUT2D eigenvalue weighted by Gasteiger charge is 2.61. The van der Waals surface area contributed by atoms with Gasteiger partial charge in [-0.25, -0.2) is 0 Å². The fraction of sp³-hybridized carbons (Fsp3) is 0.182. The lowest BCUT2D eigenvalue weighted by atomic mass is 9.57. The number of para-hydroxylation sites is 3. The maximum absolute atomic E-state index is 6.47. The van der Waals surface area contributed by atoms with Gasteiger partial charge in [0.2, 0.25) is 0 Å². The molecule has 2 aliphatic carbocycles. The monoisotopic (exact) mass is 618 g/mol. The van der Waals surface area contributed by atoms with Crippen LogP contribution in [0.1, 0.15) is 30.9 Å². The Kier molecular flexibility index (Phi) is 5.15. The van der Waals surface area contributed by atoms with Gasteiger partial charge in [0.25, 0.3) is 0 Å². The molecular formula is C44H35BN2O. The van der Waals surface area contributed by atoms with Gasteiger partial charge >= 0.3 is 0 Å². The summed E-state index contributed by atoms with van der Waals surface area (Å²) < 4.78 is 6.47. The molecule has 0 radical (unpaired) electrons. The molecule has 4 heterocycles. The number of hydrogen-bond donors (Lipinski definition) is 1. The number of aromatic amines is 1. The Morgan fingerprint density at radius 1 is 0.771 bits per heavy atom. The number of anilines is 2. The van der Waals surface area contributed by atoms with Crippen molar-refractivity contribution < 1.29 is 4.42 Å². The van der Waals surface area contributed by atoms with Crippen LogP contribution in [0, 0.1) is 24.2 Å². The predicted molar refractivity (Wildman–Crippen MR) is 202 cm³/mol. The van der Waals surface area contributed by atoms with Crippen molar-refractivity contribution in [1.82, 2.24) is 4.98 Å². The number of H-pyrrole nitrogens is 1. The zero-order valence-corrected chi connectivity index (χ0v) is 27.4. The Balaban J connectivity index is 1.21. The molecule has 48 heavy (non-hydrogen) atoms. The Hall–Kier alpha value is -5.22. The van der Waals surface area contributed by atoms with E-state index in [2.05, 4.69) is 146 Å². The van der Waals surface area contributed by atoms with Crippen LogP contribution in [0.25, 0.3) is 55.2 Å². The van der Waals surface area contributed by atoms with Gasteiger partial charge in [-0.1, -0.05) is 110 Å². The van der Waals surface area contributed by atoms with Gasteiger partial charge in [-0.2, -0.15) is 0 Å². The van der Waals surface area contributed by atoms with E-state index in [1.54, 1.807) is 0 Å². The Morgan fingerprint density at radius 2 is 1.56 bits per heavy atom. The molecule has 2 aliphatic heterocycles. The van der Waals surface area contributed by atoms with E-state index in [9.17, 15) is 0 Å². The van der Waals surface area contributed by atoms with Crippen LogP contribution < -0.4 is 15.8 Å². The van der Waals surface area contributed by atoms with E-state index in [0.717, 1.165) is 40.3 Å². The van der Waals surface area contributed by atoms with Gasteiger partial charge in [-0.05, 0) is 87.8 Å². The molecular weight excluding hydrogens is 583 g/mol. The Morgan fingerprint density at radius 3 is 2.48 bits per heavy atom. The van der Waals surface area contributed by atoms with Crippen LogP contribution in [0.3, 0.4) is 0 Å². The van der Waals surface area contributed by atoms with Crippen LogP contribution in [-0.2, 0) is 0 Å². The number of nitrogens with one attached hydrogen (secondary N) is 1. The topological polar surface area (TPSA) is 32.2 Å². The molecule has 1 N–H and O–H groups in total. The van der Waals surface area contributed by atoms with Crippen molar-refractivity contribution in [1.29, 1.82) is 0 Å². The van der Waals surface area contributed by atoms with E-state index >= 15 is 0 Å². The van der Waals surface area contributed by atoms with Crippen LogP contribution in [0.4, 0.5) is 11.4 Å². The van der Waals surface area contributed by atoms with Crippen molar-refractivity contribution in [2.75, 3.05) is 4.90 Å². The van der Waals surface area contributed by atoms with Crippen molar-refractivity contribution in [2.45, 2.75) is 32.7 Å². The number of aromatic nitrogens is 1. The summed E-state index contributed by atoms with van der Waals surface area (Å²) in [4.78, 5) is 6.66. The molecule has 4 atom stereocenters. The minimum atomic E-state index is 0.0886. The lowest BCUT2D eigenvalue weighted by molar-refractivity contribution is 0.260. The van der Waals surface area contributed by atoms with E-state index in [1.165, 1.54) is 55.7 Å². The Labute approximate surface area is 280 Å². The molecule has 3 nitrogen and oxygen atoms in total. The SMILES string of the molecule is Cc1ccccc1-c1cc(-c2cccc3c2[nH]c2c4ccccc4oc32)c2c(c1)N1c3c(cccc3C3C4C=CC=CC4C(C)(C)C31)B2. The summed E-state index contributed by atoms with van der Waals surface area (Å²) in [5.74, 6) is 1.48. The number of fused-ring (bicyclic) bond motifs is 12. The van der Waals surface area contributed by atoms with Crippen LogP contribution in [0.2, 0.25) is 0 Å². The molecule has 0 amide bonds. The molecule has 7 aromatic rings. The number of allylic oxidation sites excluding steroid dienone is 4. The predicted octanol–water partition coefficient (Wildman–Crippen LogP) is 9.41. The third-order valence-electron chi connectivity index (χ3n) is 12.3. The number of furan rings is 1. The zero-order chi connectivity index (χ0) is 31.9. The number of nitrogens with zero attached hydrogens (tertiary/aromatic N) is 1. The van der Waals surface area contributed by atoms with Gasteiger partial charge in [0, 0.05) is 39.7 Å². The van der Waals surface area contributed by atoms with Gasteiger partial charge in [-0.15, -0.1) is 0 Å². The molecule has 4 aliphatic rings. The highest BCUT2D eigenvalue weighted by Crippen LogP contribution is 2.64. The molecule has 1 fully saturated rings. The second kappa shape index (κ2) is 9.23. The van der Waals surface area contributed by atoms with Crippen LogP contribution in [-0.4, -0.2) is 18.3 Å². The highest BCUT2D eigenvalue weighted by atomic mass is 16.3. The van der Waals surface area contributed by atoms with Crippen molar-refractivity contribution in [3.8, 4) is 22.3 Å². The van der Waals surface area contributed by atoms with Crippen molar-refractivity contribution in [2.24, 2.45) is 17.3 Å². The summed E-state index contributed by atoms with van der Waals surface area (Å²) >= 11 is 0. The summed E-state index contributed by atoms with van der Waals surface area (Å²) in [6, 6.07) is 36.4. The summed E-state index contributed by atoms with van der Waals surface area (Å²) in [6.45, 7) is 7.27. The number of benzene rings is 5. The fourth-order valence-corrected chi connectivity index (χ4v) is 10.3. The van der Waals surface area contributed by atoms with Gasteiger partial charge in [0.15, 0.2) is 12.9 Å². The van der Waals surface area contributed by atoms with Crippen LogP contribution in [0.15, 0.2) is 126 Å². The van der Waals surface area contributed by atoms with E-state index in [-0.39, 0.29) is 5.41 Å². The molecule has 0 bridgehead atoms. The number of hydrogen-bond acceptors (Lipinski definition) is 2. The molecule has 4 unspecified atom stereocenters. The molecule has 230 valence electrons. The van der Waals surface area contributed by atoms with Gasteiger partial charge in [0.1, 0.15) is 5.58 Å². The number of rotatable bonds is 2. The first-order chi connectivity index (χ1) is 23.5. The van der Waals surface area contributed by atoms with Crippen molar-refractivity contribution in [3.63, 3.8) is 0 Å². The molecule has 5 aromatic carbocycles. The normalized spacial score (nSPS) is 22.6. The molecule has 0 spiro atoms. The molecule has 1 saturated carbocycles. The highest BCUT2D eigenvalue weighted by molar-refractivity contribution is 6.73. The van der Waals surface area contributed by atoms with E-state index < -0.39 is 0 Å². The average Bonchev–Trinajstić information content (AvgIpc) is 3.83. The first-order valence-corrected chi connectivity index (χ1v) is 17.4. The first kappa shape index (κ1) is 26.8. The van der Waals surface area contributed by atoms with Crippen molar-refractivity contribution >= 4 is 62.6 Å². The molecule has 4 heteroatoms. The molecule has 11 rings (SSSR count). The Bertz CT molecular complexity index is 2580. The second-order valence-electron chi connectivity index (χ2n) is 15.1. The lowest BCUT2D eigenvalue weighted by Crippen LogP contribution is -2.48. The number of aryl methyl sites for hydroxylation is 1. The van der Waals surface area contributed by atoms with Gasteiger partial charge in [-0.3, -0.25) is 0 Å². The minimum absolute atomic E-state index is 0.0886. The minimum Gasteiger partial charge on any atom is -0.454 e. The van der Waals surface area contributed by atoms with Crippen molar-refractivity contribution in [3.05, 3.63) is 132 Å². The smallest absolute Gasteiger partial charge is 0.198 e. The summed E-state index contributed by atoms with van der Waals surface area (Å²) in [5.41, 5.74) is 17.8. The van der Waals surface area contributed by atoms with Crippen LogP contribution >= 0.6 is 0 Å². The summed E-state index contributed by atoms with van der Waals surface area (Å²) in [6.07, 6.45) is 9.54. The maximum atomic E-state index is 6.47. The van der Waals surface area contributed by atoms with E-state index in [1.807, 2.05) is 6.07 Å². The standard InChI is InChI=1S/C44H35BN2O/c1-24-12-4-5-13-26(24)25-22-32(27-16-10-18-31-39(27)46-40-29-15-7-9-21-36(29)48-42(31)40)38-35(23-25)47-41-30(17-11-20-34(41)45-38)37-28-14-6-8-19-33(28)44(2,3)43(37)47/h4-23,28,33,37,43,45-46H,1-3H3. The van der Waals surface area contributed by atoms with Gasteiger partial charge < -0.3 is 14.3 Å². The largest absolute Gasteiger partial charge is 0.454 e. The fourth-order valence-electron chi connectivity index (χ4n) is 10.3. The summed E-state index contributed by atoms with van der Waals surface area (Å²) in [5, 5.41) is 2.26. The zero-order valence-electron chi connectivity index (χ0n) is 27.4.